The van der Waals surface area contributed by atoms with E-state index in [1.807, 2.05) is 24.3 Å². The number of hydrogen-bond donors (Lipinski definition) is 1. The van der Waals surface area contributed by atoms with Gasteiger partial charge in [-0.2, -0.15) is 5.26 Å². The van der Waals surface area contributed by atoms with E-state index in [4.69, 9.17) is 5.26 Å². The van der Waals surface area contributed by atoms with E-state index in [1.54, 1.807) is 19.0 Å². The average molecular weight is 245 g/mol. The summed E-state index contributed by atoms with van der Waals surface area (Å²) in [4.78, 5) is 12.9. The topological polar surface area (TPSA) is 56.1 Å². The first kappa shape index (κ1) is 14.0. The zero-order valence-corrected chi connectivity index (χ0v) is 10.9. The van der Waals surface area contributed by atoms with Crippen molar-refractivity contribution in [1.29, 1.82) is 5.26 Å². The quantitative estimate of drug-likeness (QED) is 0.780. The minimum atomic E-state index is 0.154. The molecule has 4 heteroatoms. The van der Waals surface area contributed by atoms with Crippen molar-refractivity contribution in [2.75, 3.05) is 26.0 Å². The highest BCUT2D eigenvalue weighted by atomic mass is 16.2. The van der Waals surface area contributed by atoms with Crippen molar-refractivity contribution in [3.63, 3.8) is 0 Å². The molecule has 1 rings (SSSR count). The van der Waals surface area contributed by atoms with Crippen LogP contribution >= 0.6 is 0 Å². The third-order valence-electron chi connectivity index (χ3n) is 2.63. The molecule has 0 spiro atoms. The fourth-order valence-electron chi connectivity index (χ4n) is 1.53. The summed E-state index contributed by atoms with van der Waals surface area (Å²) < 4.78 is 0. The summed E-state index contributed by atoms with van der Waals surface area (Å²) in [7, 11) is 3.54. The predicted molar refractivity (Wildman–Crippen MR) is 72.2 cm³/mol. The Hall–Kier alpha value is -2.02. The minimum absolute atomic E-state index is 0.154. The Balaban J connectivity index is 2.27. The van der Waals surface area contributed by atoms with Crippen molar-refractivity contribution in [2.45, 2.75) is 19.3 Å². The number of hydrogen-bond acceptors (Lipinski definition) is 3. The van der Waals surface area contributed by atoms with Gasteiger partial charge in [-0.05, 0) is 24.1 Å². The summed E-state index contributed by atoms with van der Waals surface area (Å²) in [6.45, 7) is 0.775. The standard InChI is InChI=1S/C14H19N3O/c1-17(2)14(18)4-3-11-16-13-7-5-12(6-8-13)9-10-15/h5-8,16H,3-4,9,11H2,1-2H3. The van der Waals surface area contributed by atoms with Crippen molar-refractivity contribution in [1.82, 2.24) is 4.90 Å². The van der Waals surface area contributed by atoms with Crippen LogP contribution in [0.3, 0.4) is 0 Å². The smallest absolute Gasteiger partial charge is 0.222 e. The molecule has 0 aromatic heterocycles. The molecule has 0 radical (unpaired) electrons. The monoisotopic (exact) mass is 245 g/mol. The van der Waals surface area contributed by atoms with Crippen LogP contribution in [0.5, 0.6) is 0 Å². The Morgan fingerprint density at radius 2 is 2.00 bits per heavy atom. The number of carbonyl (C=O) groups excluding carboxylic acids is 1. The Labute approximate surface area is 108 Å². The van der Waals surface area contributed by atoms with Gasteiger partial charge < -0.3 is 10.2 Å². The molecule has 96 valence electrons. The van der Waals surface area contributed by atoms with Crippen LogP contribution in [0, 0.1) is 11.3 Å². The molecule has 1 N–H and O–H groups in total. The van der Waals surface area contributed by atoms with Crippen molar-refractivity contribution in [2.24, 2.45) is 0 Å². The first-order valence-electron chi connectivity index (χ1n) is 6.03. The molecular formula is C14H19N3O. The normalized spacial score (nSPS) is 9.61. The molecule has 4 nitrogen and oxygen atoms in total. The number of rotatable bonds is 6. The molecule has 0 aliphatic carbocycles. The second-order valence-corrected chi connectivity index (χ2v) is 4.35. The Morgan fingerprint density at radius 3 is 2.56 bits per heavy atom. The number of nitrogens with one attached hydrogen (secondary N) is 1. The number of benzene rings is 1. The van der Waals surface area contributed by atoms with Gasteiger partial charge in [0.1, 0.15) is 0 Å². The fourth-order valence-corrected chi connectivity index (χ4v) is 1.53. The maximum absolute atomic E-state index is 11.3. The van der Waals surface area contributed by atoms with E-state index < -0.39 is 0 Å². The van der Waals surface area contributed by atoms with Gasteiger partial charge in [-0.1, -0.05) is 12.1 Å². The minimum Gasteiger partial charge on any atom is -0.385 e. The van der Waals surface area contributed by atoms with Crippen molar-refractivity contribution in [3.05, 3.63) is 29.8 Å². The first-order valence-corrected chi connectivity index (χ1v) is 6.03. The summed E-state index contributed by atoms with van der Waals surface area (Å²) in [5.41, 5.74) is 2.04. The zero-order chi connectivity index (χ0) is 13.4. The number of anilines is 1. The van der Waals surface area contributed by atoms with Crippen molar-refractivity contribution in [3.8, 4) is 6.07 Å². The van der Waals surface area contributed by atoms with Crippen LogP contribution in [0.4, 0.5) is 5.69 Å². The maximum atomic E-state index is 11.3. The predicted octanol–water partition coefficient (Wildman–Crippen LogP) is 2.03. The van der Waals surface area contributed by atoms with Gasteiger partial charge >= 0.3 is 0 Å². The van der Waals surface area contributed by atoms with Gasteiger partial charge in [0, 0.05) is 32.7 Å². The zero-order valence-electron chi connectivity index (χ0n) is 10.9. The molecule has 0 saturated carbocycles. The van der Waals surface area contributed by atoms with E-state index in [-0.39, 0.29) is 5.91 Å². The van der Waals surface area contributed by atoms with Crippen LogP contribution in [-0.2, 0) is 11.2 Å². The van der Waals surface area contributed by atoms with Gasteiger partial charge in [-0.3, -0.25) is 4.79 Å². The summed E-state index contributed by atoms with van der Waals surface area (Å²) in [5, 5.41) is 11.8. The molecule has 0 unspecified atom stereocenters. The van der Waals surface area contributed by atoms with E-state index in [2.05, 4.69) is 11.4 Å². The van der Waals surface area contributed by atoms with Crippen LogP contribution in [0.15, 0.2) is 24.3 Å². The van der Waals surface area contributed by atoms with Crippen LogP contribution in [0.2, 0.25) is 0 Å². The number of carbonyl (C=O) groups is 1. The van der Waals surface area contributed by atoms with Crippen LogP contribution in [0.1, 0.15) is 18.4 Å². The van der Waals surface area contributed by atoms with Crippen molar-refractivity contribution >= 4 is 11.6 Å². The second-order valence-electron chi connectivity index (χ2n) is 4.35. The number of amides is 1. The maximum Gasteiger partial charge on any atom is 0.222 e. The highest BCUT2D eigenvalue weighted by Gasteiger charge is 2.02. The lowest BCUT2D eigenvalue weighted by Gasteiger charge is -2.10. The van der Waals surface area contributed by atoms with E-state index in [0.29, 0.717) is 12.8 Å². The molecule has 0 aliphatic heterocycles. The van der Waals surface area contributed by atoms with Gasteiger partial charge in [0.2, 0.25) is 5.91 Å². The molecule has 0 atom stereocenters. The second kappa shape index (κ2) is 7.33. The third-order valence-corrected chi connectivity index (χ3v) is 2.63. The number of nitriles is 1. The third kappa shape index (κ3) is 4.88. The molecule has 1 amide bonds. The lowest BCUT2D eigenvalue weighted by molar-refractivity contribution is -0.128. The summed E-state index contributed by atoms with van der Waals surface area (Å²) in [6.07, 6.45) is 1.82. The molecule has 0 heterocycles. The highest BCUT2D eigenvalue weighted by molar-refractivity contribution is 5.75. The number of nitrogens with zero attached hydrogens (tertiary/aromatic N) is 2. The van der Waals surface area contributed by atoms with E-state index >= 15 is 0 Å². The Morgan fingerprint density at radius 1 is 1.33 bits per heavy atom. The fraction of sp³-hybridized carbons (Fsp3) is 0.429. The molecule has 0 bridgehead atoms. The SMILES string of the molecule is CN(C)C(=O)CCCNc1ccc(CC#N)cc1. The summed E-state index contributed by atoms with van der Waals surface area (Å²) in [5.74, 6) is 0.154. The molecule has 0 aliphatic rings. The van der Waals surface area contributed by atoms with Crippen molar-refractivity contribution < 1.29 is 4.79 Å². The van der Waals surface area contributed by atoms with Gasteiger partial charge in [0.25, 0.3) is 0 Å². The van der Waals surface area contributed by atoms with Crippen LogP contribution in [-0.4, -0.2) is 31.4 Å². The summed E-state index contributed by atoms with van der Waals surface area (Å²) >= 11 is 0. The first-order chi connectivity index (χ1) is 8.63. The molecule has 0 saturated heterocycles. The van der Waals surface area contributed by atoms with Gasteiger partial charge in [-0.25, -0.2) is 0 Å². The molecular weight excluding hydrogens is 226 g/mol. The largest absolute Gasteiger partial charge is 0.385 e. The molecule has 18 heavy (non-hydrogen) atoms. The Kier molecular flexibility index (Phi) is 5.72. The molecule has 0 fully saturated rings. The van der Waals surface area contributed by atoms with Gasteiger partial charge in [0.05, 0.1) is 12.5 Å². The van der Waals surface area contributed by atoms with Gasteiger partial charge in [0.15, 0.2) is 0 Å². The van der Waals surface area contributed by atoms with Crippen LogP contribution in [0.25, 0.3) is 0 Å². The van der Waals surface area contributed by atoms with Crippen LogP contribution < -0.4 is 5.32 Å². The Bertz CT molecular complexity index is 418. The van der Waals surface area contributed by atoms with E-state index in [9.17, 15) is 4.79 Å². The molecule has 1 aromatic rings. The van der Waals surface area contributed by atoms with E-state index in [0.717, 1.165) is 24.2 Å². The lowest BCUT2D eigenvalue weighted by Crippen LogP contribution is -2.22. The van der Waals surface area contributed by atoms with E-state index in [1.165, 1.54) is 0 Å². The lowest BCUT2D eigenvalue weighted by atomic mass is 10.1. The average Bonchev–Trinajstić information content (AvgIpc) is 2.36. The van der Waals surface area contributed by atoms with Gasteiger partial charge in [-0.15, -0.1) is 0 Å². The highest BCUT2D eigenvalue weighted by Crippen LogP contribution is 2.10. The molecule has 1 aromatic carbocycles. The summed E-state index contributed by atoms with van der Waals surface area (Å²) in [6, 6.07) is 9.92.